The summed E-state index contributed by atoms with van der Waals surface area (Å²) in [6.45, 7) is 4.29. The van der Waals surface area contributed by atoms with Gasteiger partial charge in [-0.25, -0.2) is 18.7 Å². The van der Waals surface area contributed by atoms with E-state index < -0.39 is 17.2 Å². The van der Waals surface area contributed by atoms with Crippen LogP contribution in [0.4, 0.5) is 8.78 Å². The van der Waals surface area contributed by atoms with Crippen molar-refractivity contribution in [1.29, 1.82) is 0 Å². The number of amides is 1. The third-order valence-electron chi connectivity index (χ3n) is 6.30. The van der Waals surface area contributed by atoms with Crippen molar-refractivity contribution in [1.82, 2.24) is 19.9 Å². The molecule has 2 aromatic heterocycles. The monoisotopic (exact) mass is 482 g/mol. The fraction of sp³-hybridized carbons (Fsp3) is 0.385. The Kier molecular flexibility index (Phi) is 7.35. The van der Waals surface area contributed by atoms with Crippen molar-refractivity contribution in [3.05, 3.63) is 83.2 Å². The van der Waals surface area contributed by atoms with Gasteiger partial charge >= 0.3 is 0 Å². The quantitative estimate of drug-likeness (QED) is 0.553. The van der Waals surface area contributed by atoms with Gasteiger partial charge in [-0.3, -0.25) is 9.78 Å². The molecular weight excluding hydrogens is 454 g/mol. The van der Waals surface area contributed by atoms with Crippen LogP contribution in [-0.2, 0) is 16.8 Å². The number of carbonyl (C=O) groups is 1. The number of aryl methyl sites for hydroxylation is 1. The van der Waals surface area contributed by atoms with Gasteiger partial charge in [-0.05, 0) is 51.0 Å². The Morgan fingerprint density at radius 1 is 1.17 bits per heavy atom. The lowest BCUT2D eigenvalue weighted by Crippen LogP contribution is -2.40. The van der Waals surface area contributed by atoms with E-state index in [0.29, 0.717) is 43.1 Å². The van der Waals surface area contributed by atoms with Crippen molar-refractivity contribution in [2.45, 2.75) is 44.6 Å². The molecular formula is C26H28F2N4O3. The predicted molar refractivity (Wildman–Crippen MR) is 125 cm³/mol. The van der Waals surface area contributed by atoms with E-state index in [4.69, 9.17) is 4.74 Å². The molecule has 3 aromatic rings. The van der Waals surface area contributed by atoms with Crippen LogP contribution in [-0.4, -0.2) is 50.6 Å². The lowest BCUT2D eigenvalue weighted by Gasteiger charge is -2.34. The van der Waals surface area contributed by atoms with Crippen LogP contribution in [0.15, 0.2) is 48.9 Å². The Bertz CT molecular complexity index is 1160. The summed E-state index contributed by atoms with van der Waals surface area (Å²) in [7, 11) is 0. The van der Waals surface area contributed by atoms with Crippen LogP contribution in [0.25, 0.3) is 0 Å². The normalized spacial score (nSPS) is 16.1. The van der Waals surface area contributed by atoms with Gasteiger partial charge in [0.15, 0.2) is 0 Å². The molecule has 3 heterocycles. The number of rotatable bonds is 7. The summed E-state index contributed by atoms with van der Waals surface area (Å²) in [5.41, 5.74) is -0.262. The molecule has 4 rings (SSSR count). The number of carbonyl (C=O) groups excluding carboxylic acids is 1. The van der Waals surface area contributed by atoms with E-state index in [2.05, 4.69) is 15.0 Å². The zero-order valence-corrected chi connectivity index (χ0v) is 19.7. The van der Waals surface area contributed by atoms with E-state index in [9.17, 15) is 18.7 Å². The molecule has 0 bridgehead atoms. The first kappa shape index (κ1) is 24.7. The van der Waals surface area contributed by atoms with Crippen molar-refractivity contribution in [3.8, 4) is 5.75 Å². The predicted octanol–water partition coefficient (Wildman–Crippen LogP) is 3.69. The van der Waals surface area contributed by atoms with Crippen LogP contribution in [0.3, 0.4) is 0 Å². The topological polar surface area (TPSA) is 88.4 Å². The average molecular weight is 483 g/mol. The number of hydrogen-bond donors (Lipinski definition) is 1. The van der Waals surface area contributed by atoms with Crippen molar-refractivity contribution < 1.29 is 23.4 Å². The number of nitrogens with zero attached hydrogens (tertiary/aromatic N) is 4. The highest BCUT2D eigenvalue weighted by atomic mass is 19.1. The van der Waals surface area contributed by atoms with E-state index in [1.165, 1.54) is 6.07 Å². The molecule has 0 radical (unpaired) electrons. The van der Waals surface area contributed by atoms with Gasteiger partial charge < -0.3 is 14.7 Å². The van der Waals surface area contributed by atoms with Crippen LogP contribution < -0.4 is 4.74 Å². The largest absolute Gasteiger partial charge is 0.489 e. The van der Waals surface area contributed by atoms with Crippen LogP contribution in [0, 0.1) is 18.6 Å². The van der Waals surface area contributed by atoms with Crippen LogP contribution in [0.2, 0.25) is 0 Å². The maximum Gasteiger partial charge on any atom is 0.227 e. The highest BCUT2D eigenvalue weighted by Gasteiger charge is 2.34. The maximum atomic E-state index is 14.0. The second-order valence-electron chi connectivity index (χ2n) is 9.00. The number of benzene rings is 1. The van der Waals surface area contributed by atoms with Crippen LogP contribution in [0.5, 0.6) is 5.75 Å². The van der Waals surface area contributed by atoms with E-state index in [-0.39, 0.29) is 30.4 Å². The van der Waals surface area contributed by atoms with Gasteiger partial charge in [0.2, 0.25) is 5.91 Å². The Labute approximate surface area is 202 Å². The summed E-state index contributed by atoms with van der Waals surface area (Å²) in [6, 6.07) is 7.10. The maximum absolute atomic E-state index is 14.0. The SMILES string of the molecule is Cc1ncc(C(C)(O)COc2cccnc2)c(C2CCN(C(=O)Cc3c(F)cccc3F)CC2)n1. The van der Waals surface area contributed by atoms with E-state index in [1.54, 1.807) is 49.5 Å². The summed E-state index contributed by atoms with van der Waals surface area (Å²) in [4.78, 5) is 27.3. The van der Waals surface area contributed by atoms with Crippen LogP contribution >= 0.6 is 0 Å². The molecule has 1 aromatic carbocycles. The molecule has 1 atom stereocenters. The molecule has 35 heavy (non-hydrogen) atoms. The van der Waals surface area contributed by atoms with E-state index in [1.807, 2.05) is 0 Å². The second-order valence-corrected chi connectivity index (χ2v) is 9.00. The molecule has 1 aliphatic rings. The number of pyridine rings is 1. The summed E-state index contributed by atoms with van der Waals surface area (Å²) in [5.74, 6) is -0.633. The van der Waals surface area contributed by atoms with Gasteiger partial charge in [-0.15, -0.1) is 0 Å². The summed E-state index contributed by atoms with van der Waals surface area (Å²) in [5, 5.41) is 11.2. The summed E-state index contributed by atoms with van der Waals surface area (Å²) < 4.78 is 33.7. The Hall–Kier alpha value is -3.46. The third kappa shape index (κ3) is 5.79. The van der Waals surface area contributed by atoms with Gasteiger partial charge in [0.25, 0.3) is 0 Å². The molecule has 184 valence electrons. The number of hydrogen-bond acceptors (Lipinski definition) is 6. The number of aliphatic hydroxyl groups is 1. The third-order valence-corrected chi connectivity index (χ3v) is 6.30. The number of aromatic nitrogens is 3. The fourth-order valence-electron chi connectivity index (χ4n) is 4.31. The second kappa shape index (κ2) is 10.4. The average Bonchev–Trinajstić information content (AvgIpc) is 2.85. The molecule has 1 N–H and O–H groups in total. The summed E-state index contributed by atoms with van der Waals surface area (Å²) in [6.07, 6.45) is 5.73. The molecule has 1 unspecified atom stereocenters. The molecule has 0 spiro atoms. The van der Waals surface area contributed by atoms with Gasteiger partial charge in [0, 0.05) is 42.5 Å². The number of piperidine rings is 1. The first-order chi connectivity index (χ1) is 16.7. The van der Waals surface area contributed by atoms with E-state index >= 15 is 0 Å². The minimum atomic E-state index is -1.35. The van der Waals surface area contributed by atoms with Crippen molar-refractivity contribution in [2.75, 3.05) is 19.7 Å². The highest BCUT2D eigenvalue weighted by molar-refractivity contribution is 5.79. The zero-order chi connectivity index (χ0) is 25.0. The molecule has 1 aliphatic heterocycles. The van der Waals surface area contributed by atoms with Gasteiger partial charge in [-0.1, -0.05) is 6.07 Å². The molecule has 1 fully saturated rings. The van der Waals surface area contributed by atoms with Gasteiger partial charge in [-0.2, -0.15) is 0 Å². The minimum Gasteiger partial charge on any atom is -0.489 e. The number of halogens is 2. The van der Waals surface area contributed by atoms with Crippen LogP contribution in [0.1, 0.15) is 48.3 Å². The van der Waals surface area contributed by atoms with Crippen molar-refractivity contribution in [3.63, 3.8) is 0 Å². The molecule has 9 heteroatoms. The molecule has 0 saturated carbocycles. The zero-order valence-electron chi connectivity index (χ0n) is 19.7. The molecule has 0 aliphatic carbocycles. The standard InChI is InChI=1S/C26H28F2N4O3/c1-17-30-15-21(26(2,34)16-35-19-5-4-10-29-14-19)25(31-17)18-8-11-32(12-9-18)24(33)13-20-22(27)6-3-7-23(20)28/h3-7,10,14-15,18,34H,8-9,11-13,16H2,1-2H3. The van der Waals surface area contributed by atoms with E-state index in [0.717, 1.165) is 17.8 Å². The lowest BCUT2D eigenvalue weighted by atomic mass is 9.85. The molecule has 7 nitrogen and oxygen atoms in total. The Morgan fingerprint density at radius 2 is 1.89 bits per heavy atom. The summed E-state index contributed by atoms with van der Waals surface area (Å²) >= 11 is 0. The molecule has 1 amide bonds. The first-order valence-electron chi connectivity index (χ1n) is 11.5. The number of likely N-dealkylation sites (tertiary alicyclic amines) is 1. The Balaban J connectivity index is 1.45. The molecule has 1 saturated heterocycles. The fourth-order valence-corrected chi connectivity index (χ4v) is 4.31. The smallest absolute Gasteiger partial charge is 0.227 e. The first-order valence-corrected chi connectivity index (χ1v) is 11.5. The highest BCUT2D eigenvalue weighted by Crippen LogP contribution is 2.34. The van der Waals surface area contributed by atoms with Gasteiger partial charge in [0.1, 0.15) is 35.4 Å². The van der Waals surface area contributed by atoms with Crippen molar-refractivity contribution >= 4 is 5.91 Å². The number of ether oxygens (including phenoxy) is 1. The minimum absolute atomic E-state index is 0.00851. The van der Waals surface area contributed by atoms with Gasteiger partial charge in [0.05, 0.1) is 18.3 Å². The van der Waals surface area contributed by atoms with Crippen molar-refractivity contribution in [2.24, 2.45) is 0 Å². The Morgan fingerprint density at radius 3 is 2.54 bits per heavy atom. The lowest BCUT2D eigenvalue weighted by molar-refractivity contribution is -0.131.